The van der Waals surface area contributed by atoms with Crippen LogP contribution in [0, 0.1) is 13.8 Å². The van der Waals surface area contributed by atoms with Gasteiger partial charge in [0, 0.05) is 61.9 Å². The summed E-state index contributed by atoms with van der Waals surface area (Å²) in [5.41, 5.74) is 4.76. The lowest BCUT2D eigenvalue weighted by atomic mass is 10.0. The molecular formula is C23H28N4O3. The van der Waals surface area contributed by atoms with Crippen molar-refractivity contribution < 1.29 is 14.7 Å². The Kier molecular flexibility index (Phi) is 5.49. The van der Waals surface area contributed by atoms with Gasteiger partial charge in [-0.05, 0) is 38.6 Å². The average molecular weight is 409 g/mol. The summed E-state index contributed by atoms with van der Waals surface area (Å²) in [5.74, 6) is -1.09. The summed E-state index contributed by atoms with van der Waals surface area (Å²) in [4.78, 5) is 29.2. The van der Waals surface area contributed by atoms with Crippen LogP contribution in [0.3, 0.4) is 0 Å². The van der Waals surface area contributed by atoms with Crippen LogP contribution in [0.2, 0.25) is 0 Å². The van der Waals surface area contributed by atoms with Gasteiger partial charge in [-0.1, -0.05) is 18.2 Å². The second kappa shape index (κ2) is 8.08. The third kappa shape index (κ3) is 3.66. The van der Waals surface area contributed by atoms with Crippen molar-refractivity contribution in [3.05, 3.63) is 52.3 Å². The summed E-state index contributed by atoms with van der Waals surface area (Å²) < 4.78 is 2.05. The van der Waals surface area contributed by atoms with Gasteiger partial charge >= 0.3 is 5.97 Å². The van der Waals surface area contributed by atoms with E-state index in [1.165, 1.54) is 0 Å². The number of amides is 1. The minimum atomic E-state index is -0.931. The number of hydrogen-bond acceptors (Lipinski definition) is 4. The van der Waals surface area contributed by atoms with E-state index in [1.807, 2.05) is 44.2 Å². The molecule has 2 aliphatic rings. The molecule has 2 N–H and O–H groups in total. The molecule has 0 saturated carbocycles. The second-order valence-electron chi connectivity index (χ2n) is 8.13. The van der Waals surface area contributed by atoms with Crippen LogP contribution in [-0.4, -0.2) is 71.1 Å². The highest BCUT2D eigenvalue weighted by atomic mass is 16.4. The van der Waals surface area contributed by atoms with Crippen molar-refractivity contribution >= 4 is 29.2 Å². The summed E-state index contributed by atoms with van der Waals surface area (Å²) in [6.45, 7) is 9.31. The Labute approximate surface area is 176 Å². The summed E-state index contributed by atoms with van der Waals surface area (Å²) in [6.07, 6.45) is 1.85. The first kappa shape index (κ1) is 20.4. The Bertz CT molecular complexity index is 1030. The molecule has 7 nitrogen and oxygen atoms in total. The number of aromatic nitrogens is 1. The maximum absolute atomic E-state index is 12.6. The lowest BCUT2D eigenvalue weighted by molar-refractivity contribution is -0.110. The molecule has 1 amide bonds. The lowest BCUT2D eigenvalue weighted by Gasteiger charge is -2.32. The quantitative estimate of drug-likeness (QED) is 0.744. The molecule has 0 atom stereocenters. The van der Waals surface area contributed by atoms with Crippen molar-refractivity contribution in [3.63, 3.8) is 0 Å². The molecule has 2 aliphatic heterocycles. The van der Waals surface area contributed by atoms with Crippen LogP contribution in [0.4, 0.5) is 5.69 Å². The fourth-order valence-electron chi connectivity index (χ4n) is 4.44. The Hall–Kier alpha value is -2.90. The number of hydrogen-bond donors (Lipinski definition) is 2. The minimum absolute atomic E-state index is 0.156. The lowest BCUT2D eigenvalue weighted by Crippen LogP contribution is -2.45. The van der Waals surface area contributed by atoms with Gasteiger partial charge in [0.05, 0.1) is 11.1 Å². The maximum Gasteiger partial charge on any atom is 0.337 e. The monoisotopic (exact) mass is 408 g/mol. The van der Waals surface area contributed by atoms with Crippen molar-refractivity contribution in [2.24, 2.45) is 0 Å². The minimum Gasteiger partial charge on any atom is -0.478 e. The van der Waals surface area contributed by atoms with Gasteiger partial charge in [0.1, 0.15) is 0 Å². The number of carbonyl (C=O) groups is 2. The third-order valence-electron chi connectivity index (χ3n) is 6.26. The fraction of sp³-hybridized carbons (Fsp3) is 0.391. The van der Waals surface area contributed by atoms with Gasteiger partial charge in [0.15, 0.2) is 0 Å². The van der Waals surface area contributed by atoms with E-state index in [9.17, 15) is 14.7 Å². The van der Waals surface area contributed by atoms with Gasteiger partial charge in [0.2, 0.25) is 0 Å². The highest BCUT2D eigenvalue weighted by molar-refractivity contribution is 6.34. The number of likely N-dealkylation sites (N-methyl/N-ethyl adjacent to an activating group) is 1. The van der Waals surface area contributed by atoms with Crippen molar-refractivity contribution in [1.82, 2.24) is 14.4 Å². The number of carboxylic acids is 1. The van der Waals surface area contributed by atoms with Crippen LogP contribution < -0.4 is 5.32 Å². The number of benzene rings is 1. The number of nitrogens with zero attached hydrogens (tertiary/aromatic N) is 3. The highest BCUT2D eigenvalue weighted by Gasteiger charge is 2.27. The first-order valence-corrected chi connectivity index (χ1v) is 10.3. The topological polar surface area (TPSA) is 77.8 Å². The number of carbonyl (C=O) groups excluding carboxylic acids is 1. The Balaban J connectivity index is 1.71. The van der Waals surface area contributed by atoms with Crippen LogP contribution in [0.25, 0.3) is 11.6 Å². The van der Waals surface area contributed by atoms with Crippen molar-refractivity contribution in [1.29, 1.82) is 0 Å². The number of anilines is 1. The van der Waals surface area contributed by atoms with Crippen molar-refractivity contribution in [2.75, 3.05) is 45.1 Å². The van der Waals surface area contributed by atoms with E-state index >= 15 is 0 Å². The maximum atomic E-state index is 12.6. The smallest absolute Gasteiger partial charge is 0.337 e. The molecule has 1 aromatic heterocycles. The summed E-state index contributed by atoms with van der Waals surface area (Å²) in [6, 6.07) is 7.58. The number of piperazine rings is 1. The molecule has 2 aromatic rings. The summed E-state index contributed by atoms with van der Waals surface area (Å²) in [7, 11) is 2.13. The van der Waals surface area contributed by atoms with Crippen LogP contribution in [0.15, 0.2) is 24.3 Å². The standard InChI is InChI=1S/C23H28N4O3/c1-15-20(14-18-17-6-4-5-7-19(17)24-22(18)28)27(16(2)21(15)23(29)30)13-12-26-10-8-25(3)9-11-26/h4-7,14H,8-13H2,1-3H3,(H,24,28)(H,29,30). The molecular weight excluding hydrogens is 380 g/mol. The predicted molar refractivity (Wildman–Crippen MR) is 118 cm³/mol. The van der Waals surface area contributed by atoms with Gasteiger partial charge in [-0.15, -0.1) is 0 Å². The summed E-state index contributed by atoms with van der Waals surface area (Å²) >= 11 is 0. The largest absolute Gasteiger partial charge is 0.478 e. The molecule has 0 radical (unpaired) electrons. The number of para-hydroxylation sites is 1. The molecule has 30 heavy (non-hydrogen) atoms. The molecule has 0 bridgehead atoms. The second-order valence-corrected chi connectivity index (χ2v) is 8.13. The Morgan fingerprint density at radius 1 is 1.13 bits per heavy atom. The molecule has 7 heteroatoms. The van der Waals surface area contributed by atoms with E-state index in [0.717, 1.165) is 55.4 Å². The van der Waals surface area contributed by atoms with Crippen LogP contribution in [-0.2, 0) is 11.3 Å². The van der Waals surface area contributed by atoms with Gasteiger partial charge in [0.25, 0.3) is 5.91 Å². The van der Waals surface area contributed by atoms with E-state index < -0.39 is 5.97 Å². The van der Waals surface area contributed by atoms with E-state index in [-0.39, 0.29) is 5.91 Å². The van der Waals surface area contributed by atoms with Gasteiger partial charge in [-0.25, -0.2) is 4.79 Å². The molecule has 0 spiro atoms. The normalized spacial score (nSPS) is 18.6. The number of rotatable bonds is 5. The van der Waals surface area contributed by atoms with Crippen LogP contribution in [0.5, 0.6) is 0 Å². The first-order valence-electron chi connectivity index (χ1n) is 10.3. The van der Waals surface area contributed by atoms with E-state index in [0.29, 0.717) is 23.2 Å². The molecule has 1 fully saturated rings. The zero-order valence-corrected chi connectivity index (χ0v) is 17.7. The molecule has 0 aliphatic carbocycles. The van der Waals surface area contributed by atoms with Gasteiger partial charge in [-0.2, -0.15) is 0 Å². The SMILES string of the molecule is Cc1c(C(=O)O)c(C)n(CCN2CCN(C)CC2)c1C=C1C(=O)Nc2ccccc21. The Morgan fingerprint density at radius 3 is 2.53 bits per heavy atom. The van der Waals surface area contributed by atoms with Crippen LogP contribution >= 0.6 is 0 Å². The fourth-order valence-corrected chi connectivity index (χ4v) is 4.44. The molecule has 158 valence electrons. The van der Waals surface area contributed by atoms with E-state index in [1.54, 1.807) is 0 Å². The first-order chi connectivity index (χ1) is 14.4. The summed E-state index contributed by atoms with van der Waals surface area (Å²) in [5, 5.41) is 12.7. The van der Waals surface area contributed by atoms with Crippen molar-refractivity contribution in [2.45, 2.75) is 20.4 Å². The number of carboxylic acid groups (broad SMARTS) is 1. The van der Waals surface area contributed by atoms with Gasteiger partial charge < -0.3 is 19.9 Å². The molecule has 1 aromatic carbocycles. The molecule has 1 saturated heterocycles. The number of fused-ring (bicyclic) bond motifs is 1. The molecule has 0 unspecified atom stereocenters. The highest BCUT2D eigenvalue weighted by Crippen LogP contribution is 2.34. The third-order valence-corrected chi connectivity index (χ3v) is 6.26. The van der Waals surface area contributed by atoms with E-state index in [4.69, 9.17) is 0 Å². The predicted octanol–water partition coefficient (Wildman–Crippen LogP) is 2.54. The molecule has 3 heterocycles. The van der Waals surface area contributed by atoms with Crippen molar-refractivity contribution in [3.8, 4) is 0 Å². The van der Waals surface area contributed by atoms with Crippen LogP contribution in [0.1, 0.15) is 32.9 Å². The van der Waals surface area contributed by atoms with E-state index in [2.05, 4.69) is 26.7 Å². The average Bonchev–Trinajstić information content (AvgIpc) is 3.15. The molecule has 4 rings (SSSR count). The van der Waals surface area contributed by atoms with Gasteiger partial charge in [-0.3, -0.25) is 9.69 Å². The number of aromatic carboxylic acids is 1. The Morgan fingerprint density at radius 2 is 1.83 bits per heavy atom. The zero-order valence-electron chi connectivity index (χ0n) is 17.7. The number of nitrogens with one attached hydrogen (secondary N) is 1. The zero-order chi connectivity index (χ0) is 21.4.